The van der Waals surface area contributed by atoms with E-state index in [2.05, 4.69) is 10.2 Å². The van der Waals surface area contributed by atoms with E-state index >= 15 is 0 Å². The molecule has 3 fully saturated rings. The van der Waals surface area contributed by atoms with Crippen LogP contribution in [0.3, 0.4) is 0 Å². The maximum absolute atomic E-state index is 12.5. The summed E-state index contributed by atoms with van der Waals surface area (Å²) in [5.74, 6) is 2.15. The van der Waals surface area contributed by atoms with Gasteiger partial charge in [0, 0.05) is 31.4 Å². The molecule has 0 saturated carbocycles. The van der Waals surface area contributed by atoms with Gasteiger partial charge in [-0.1, -0.05) is 6.42 Å². The molecule has 1 N–H and O–H groups in total. The molecule has 3 aliphatic rings. The van der Waals surface area contributed by atoms with Crippen molar-refractivity contribution in [3.05, 3.63) is 24.3 Å². The van der Waals surface area contributed by atoms with Crippen molar-refractivity contribution in [1.29, 1.82) is 0 Å². The van der Waals surface area contributed by atoms with Crippen LogP contribution in [0.2, 0.25) is 0 Å². The highest BCUT2D eigenvalue weighted by atomic mass is 16.5. The number of ether oxygens (including phenoxy) is 1. The number of rotatable bonds is 2. The normalized spacial score (nSPS) is 30.0. The van der Waals surface area contributed by atoms with E-state index in [9.17, 15) is 4.79 Å². The number of carbonyl (C=O) groups is 1. The third-order valence-electron chi connectivity index (χ3n) is 5.75. The monoisotopic (exact) mass is 315 g/mol. The molecule has 0 aromatic heterocycles. The molecular formula is C18H25N3O2. The number of hydrogen-bond acceptors (Lipinski definition) is 3. The second-order valence-electron chi connectivity index (χ2n) is 7.05. The molecule has 2 amide bonds. The summed E-state index contributed by atoms with van der Waals surface area (Å²) in [6, 6.07) is 8.26. The van der Waals surface area contributed by atoms with Crippen molar-refractivity contribution in [3.63, 3.8) is 0 Å². The molecule has 124 valence electrons. The Morgan fingerprint density at radius 2 is 2.00 bits per heavy atom. The lowest BCUT2D eigenvalue weighted by Gasteiger charge is -2.33. The first kappa shape index (κ1) is 14.8. The van der Waals surface area contributed by atoms with Crippen LogP contribution in [0.25, 0.3) is 0 Å². The molecule has 5 nitrogen and oxygen atoms in total. The van der Waals surface area contributed by atoms with Crippen LogP contribution in [-0.2, 0) is 0 Å². The molecule has 0 radical (unpaired) electrons. The Kier molecular flexibility index (Phi) is 3.89. The highest BCUT2D eigenvalue weighted by Crippen LogP contribution is 2.40. The van der Waals surface area contributed by atoms with E-state index in [1.165, 1.54) is 32.4 Å². The summed E-state index contributed by atoms with van der Waals surface area (Å²) in [4.78, 5) is 17.2. The van der Waals surface area contributed by atoms with Crippen LogP contribution >= 0.6 is 0 Å². The van der Waals surface area contributed by atoms with Crippen LogP contribution in [0, 0.1) is 11.8 Å². The molecule has 3 aliphatic heterocycles. The quantitative estimate of drug-likeness (QED) is 0.912. The van der Waals surface area contributed by atoms with Gasteiger partial charge in [0.15, 0.2) is 0 Å². The summed E-state index contributed by atoms with van der Waals surface area (Å²) in [6.45, 7) is 4.25. The van der Waals surface area contributed by atoms with Crippen molar-refractivity contribution in [3.8, 4) is 5.75 Å². The molecule has 3 heterocycles. The molecule has 3 saturated heterocycles. The standard InChI is InChI=1S/C18H25N3O2/c1-23-15-7-5-14(6-8-15)19-18(22)21-11-13-10-20-9-3-2-4-17(20)16(13)12-21/h5-8,13,16-17H,2-4,9-12H2,1H3,(H,19,22)/t13-,16-,17+/m0/s1. The molecule has 1 aromatic carbocycles. The Labute approximate surface area is 137 Å². The van der Waals surface area contributed by atoms with Crippen LogP contribution in [0.5, 0.6) is 5.75 Å². The van der Waals surface area contributed by atoms with Gasteiger partial charge in [0.25, 0.3) is 0 Å². The fourth-order valence-electron chi connectivity index (χ4n) is 4.60. The van der Waals surface area contributed by atoms with Gasteiger partial charge in [-0.3, -0.25) is 4.90 Å². The number of urea groups is 1. The first-order chi connectivity index (χ1) is 11.2. The van der Waals surface area contributed by atoms with Gasteiger partial charge in [0.2, 0.25) is 0 Å². The predicted molar refractivity (Wildman–Crippen MR) is 89.8 cm³/mol. The van der Waals surface area contributed by atoms with E-state index in [0.717, 1.165) is 24.5 Å². The zero-order valence-electron chi connectivity index (χ0n) is 13.7. The Morgan fingerprint density at radius 1 is 1.17 bits per heavy atom. The van der Waals surface area contributed by atoms with E-state index in [4.69, 9.17) is 4.74 Å². The van der Waals surface area contributed by atoms with Gasteiger partial charge in [-0.2, -0.15) is 0 Å². The number of carbonyl (C=O) groups excluding carboxylic acids is 1. The number of amides is 2. The summed E-state index contributed by atoms with van der Waals surface area (Å²) in [6.07, 6.45) is 4.01. The minimum absolute atomic E-state index is 0.0342. The van der Waals surface area contributed by atoms with Crippen LogP contribution in [0.4, 0.5) is 10.5 Å². The first-order valence-electron chi connectivity index (χ1n) is 8.68. The van der Waals surface area contributed by atoms with Crippen molar-refractivity contribution in [2.45, 2.75) is 25.3 Å². The second kappa shape index (κ2) is 6.04. The zero-order chi connectivity index (χ0) is 15.8. The number of anilines is 1. The van der Waals surface area contributed by atoms with E-state index in [1.807, 2.05) is 29.2 Å². The maximum Gasteiger partial charge on any atom is 0.321 e. The van der Waals surface area contributed by atoms with E-state index < -0.39 is 0 Å². The fourth-order valence-corrected chi connectivity index (χ4v) is 4.60. The summed E-state index contributed by atoms with van der Waals surface area (Å²) >= 11 is 0. The van der Waals surface area contributed by atoms with Crippen LogP contribution < -0.4 is 10.1 Å². The lowest BCUT2D eigenvalue weighted by Crippen LogP contribution is -2.41. The van der Waals surface area contributed by atoms with E-state index in [1.54, 1.807) is 7.11 Å². The average Bonchev–Trinajstić information content (AvgIpc) is 3.13. The highest BCUT2D eigenvalue weighted by molar-refractivity contribution is 5.89. The lowest BCUT2D eigenvalue weighted by atomic mass is 9.90. The van der Waals surface area contributed by atoms with E-state index in [-0.39, 0.29) is 6.03 Å². The Morgan fingerprint density at radius 3 is 2.78 bits per heavy atom. The van der Waals surface area contributed by atoms with Gasteiger partial charge >= 0.3 is 6.03 Å². The number of benzene rings is 1. The fraction of sp³-hybridized carbons (Fsp3) is 0.611. The molecule has 0 aliphatic carbocycles. The highest BCUT2D eigenvalue weighted by Gasteiger charge is 2.48. The van der Waals surface area contributed by atoms with Crippen molar-refractivity contribution >= 4 is 11.7 Å². The van der Waals surface area contributed by atoms with Crippen LogP contribution in [0.1, 0.15) is 19.3 Å². The molecule has 23 heavy (non-hydrogen) atoms. The van der Waals surface area contributed by atoms with Gasteiger partial charge in [-0.05, 0) is 55.5 Å². The molecule has 0 bridgehead atoms. The lowest BCUT2D eigenvalue weighted by molar-refractivity contribution is 0.157. The average molecular weight is 315 g/mol. The maximum atomic E-state index is 12.5. The number of likely N-dealkylation sites (tertiary alicyclic amines) is 1. The van der Waals surface area contributed by atoms with Gasteiger partial charge in [-0.25, -0.2) is 4.79 Å². The van der Waals surface area contributed by atoms with Crippen molar-refractivity contribution in [2.75, 3.05) is 38.6 Å². The molecule has 1 aromatic rings. The third kappa shape index (κ3) is 2.78. The number of piperidine rings is 1. The Bertz CT molecular complexity index is 574. The smallest absolute Gasteiger partial charge is 0.321 e. The summed E-state index contributed by atoms with van der Waals surface area (Å²) in [7, 11) is 1.64. The number of methoxy groups -OCH3 is 1. The number of nitrogens with one attached hydrogen (secondary N) is 1. The van der Waals surface area contributed by atoms with Crippen LogP contribution in [-0.4, -0.2) is 55.2 Å². The minimum Gasteiger partial charge on any atom is -0.497 e. The van der Waals surface area contributed by atoms with Gasteiger partial charge in [0.05, 0.1) is 7.11 Å². The number of hydrogen-bond donors (Lipinski definition) is 1. The molecule has 5 heteroatoms. The number of nitrogens with zero attached hydrogens (tertiary/aromatic N) is 2. The summed E-state index contributed by atoms with van der Waals surface area (Å²) < 4.78 is 5.15. The molecule has 0 spiro atoms. The van der Waals surface area contributed by atoms with Crippen LogP contribution in [0.15, 0.2) is 24.3 Å². The first-order valence-corrected chi connectivity index (χ1v) is 8.68. The molecule has 0 unspecified atom stereocenters. The minimum atomic E-state index is 0.0342. The zero-order valence-corrected chi connectivity index (χ0v) is 13.7. The van der Waals surface area contributed by atoms with Crippen molar-refractivity contribution < 1.29 is 9.53 Å². The number of fused-ring (bicyclic) bond motifs is 3. The molecular weight excluding hydrogens is 290 g/mol. The largest absolute Gasteiger partial charge is 0.497 e. The third-order valence-corrected chi connectivity index (χ3v) is 5.75. The second-order valence-corrected chi connectivity index (χ2v) is 7.05. The Hall–Kier alpha value is -1.75. The summed E-state index contributed by atoms with van der Waals surface area (Å²) in [5.41, 5.74) is 0.826. The molecule has 4 rings (SSSR count). The summed E-state index contributed by atoms with van der Waals surface area (Å²) in [5, 5.41) is 3.01. The van der Waals surface area contributed by atoms with Crippen molar-refractivity contribution in [1.82, 2.24) is 9.80 Å². The SMILES string of the molecule is COc1ccc(NC(=O)N2C[C@@H]3CN4CCCC[C@@H]4[C@H]3C2)cc1. The van der Waals surface area contributed by atoms with Gasteiger partial charge in [-0.15, -0.1) is 0 Å². The predicted octanol–water partition coefficient (Wildman–Crippen LogP) is 2.64. The topological polar surface area (TPSA) is 44.8 Å². The van der Waals surface area contributed by atoms with Gasteiger partial charge < -0.3 is 15.0 Å². The van der Waals surface area contributed by atoms with Gasteiger partial charge in [0.1, 0.15) is 5.75 Å². The van der Waals surface area contributed by atoms with E-state index in [0.29, 0.717) is 17.9 Å². The molecule has 3 atom stereocenters. The Balaban J connectivity index is 1.37. The van der Waals surface area contributed by atoms with Crippen molar-refractivity contribution in [2.24, 2.45) is 11.8 Å².